The van der Waals surface area contributed by atoms with Crippen molar-refractivity contribution >= 4 is 32.2 Å². The molecule has 0 aromatic rings. The van der Waals surface area contributed by atoms with Gasteiger partial charge in [0.2, 0.25) is 0 Å². The number of carbonyl (C=O) groups is 2. The minimum absolute atomic E-state index is 0.405. The molecule has 0 bridgehead atoms. The third kappa shape index (κ3) is 7.32. The SMILES string of the molecule is CC(C)(C)N(CCOC(=O)C(F)(F)S(=O)(=O)[O-])CCOC(=O)C(F)(F)S(=O)(=O)[O-]. The van der Waals surface area contributed by atoms with Crippen molar-refractivity contribution in [2.24, 2.45) is 0 Å². The van der Waals surface area contributed by atoms with E-state index in [1.54, 1.807) is 0 Å². The number of esters is 2. The number of rotatable bonds is 10. The van der Waals surface area contributed by atoms with Gasteiger partial charge in [-0.1, -0.05) is 0 Å². The van der Waals surface area contributed by atoms with Gasteiger partial charge in [0, 0.05) is 18.6 Å². The van der Waals surface area contributed by atoms with Crippen molar-refractivity contribution in [3.8, 4) is 0 Å². The molecule has 0 heterocycles. The largest absolute Gasteiger partial charge is 0.743 e. The fraction of sp³-hybridized carbons (Fsp3) is 0.833. The summed E-state index contributed by atoms with van der Waals surface area (Å²) in [5.74, 6) is -5.24. The maximum atomic E-state index is 13.0. The van der Waals surface area contributed by atoms with Crippen molar-refractivity contribution in [3.05, 3.63) is 0 Å². The predicted octanol–water partition coefficient (Wildman–Crippen LogP) is -0.551. The van der Waals surface area contributed by atoms with E-state index in [2.05, 4.69) is 9.47 Å². The smallest absolute Gasteiger partial charge is 0.428 e. The molecule has 0 aromatic heterocycles. The molecule has 17 heteroatoms. The highest BCUT2D eigenvalue weighted by Crippen LogP contribution is 2.23. The second-order valence-electron chi connectivity index (χ2n) is 6.37. The van der Waals surface area contributed by atoms with Crippen molar-refractivity contribution in [2.45, 2.75) is 36.8 Å². The summed E-state index contributed by atoms with van der Waals surface area (Å²) in [6.45, 7) is 2.02. The summed E-state index contributed by atoms with van der Waals surface area (Å²) >= 11 is 0. The van der Waals surface area contributed by atoms with Gasteiger partial charge in [-0.3, -0.25) is 4.90 Å². The Labute approximate surface area is 163 Å². The standard InChI is InChI=1S/C12H19F4NO10S2/c1-10(2,3)17(4-6-26-8(18)11(13,14)28(20,21)22)5-7-27-9(19)12(15,16)29(23,24)25/h4-7H2,1-3H3,(H,20,21,22)(H,23,24,25)/p-2. The maximum Gasteiger partial charge on any atom is 0.428 e. The van der Waals surface area contributed by atoms with Gasteiger partial charge in [-0.15, -0.1) is 0 Å². The molecule has 29 heavy (non-hydrogen) atoms. The highest BCUT2D eigenvalue weighted by atomic mass is 32.2. The van der Waals surface area contributed by atoms with Crippen LogP contribution in [0.25, 0.3) is 0 Å². The van der Waals surface area contributed by atoms with Crippen molar-refractivity contribution < 1.29 is 62.6 Å². The first-order valence-electron chi connectivity index (χ1n) is 7.41. The lowest BCUT2D eigenvalue weighted by atomic mass is 10.1. The van der Waals surface area contributed by atoms with Crippen LogP contribution in [0.3, 0.4) is 0 Å². The van der Waals surface area contributed by atoms with Crippen LogP contribution in [0.15, 0.2) is 0 Å². The Kier molecular flexibility index (Phi) is 8.58. The van der Waals surface area contributed by atoms with E-state index in [0.717, 1.165) is 0 Å². The van der Waals surface area contributed by atoms with E-state index in [9.17, 15) is 53.1 Å². The maximum absolute atomic E-state index is 13.0. The Bertz CT molecular complexity index is 758. The molecule has 0 amide bonds. The van der Waals surface area contributed by atoms with E-state index >= 15 is 0 Å². The lowest BCUT2D eigenvalue weighted by Crippen LogP contribution is -2.47. The second kappa shape index (κ2) is 9.07. The number of ether oxygens (including phenoxy) is 2. The van der Waals surface area contributed by atoms with Gasteiger partial charge in [-0.05, 0) is 20.8 Å². The summed E-state index contributed by atoms with van der Waals surface area (Å²) in [5, 5.41) is -10.6. The molecular weight excluding hydrogens is 458 g/mol. The number of hydrogen-bond donors (Lipinski definition) is 0. The summed E-state index contributed by atoms with van der Waals surface area (Å²) in [6, 6.07) is 0. The van der Waals surface area contributed by atoms with Crippen LogP contribution in [0, 0.1) is 0 Å². The van der Waals surface area contributed by atoms with Crippen molar-refractivity contribution in [1.29, 1.82) is 0 Å². The van der Waals surface area contributed by atoms with Gasteiger partial charge in [-0.2, -0.15) is 17.6 Å². The van der Waals surface area contributed by atoms with Gasteiger partial charge in [0.05, 0.1) is 0 Å². The molecule has 0 atom stereocenters. The first-order valence-corrected chi connectivity index (χ1v) is 10.2. The summed E-state index contributed by atoms with van der Waals surface area (Å²) < 4.78 is 122. The van der Waals surface area contributed by atoms with Gasteiger partial charge in [0.1, 0.15) is 13.2 Å². The molecule has 172 valence electrons. The summed E-state index contributed by atoms with van der Waals surface area (Å²) in [7, 11) is -12.6. The minimum atomic E-state index is -6.31. The van der Waals surface area contributed by atoms with E-state index in [1.165, 1.54) is 25.7 Å². The van der Waals surface area contributed by atoms with Gasteiger partial charge in [-0.25, -0.2) is 26.4 Å². The summed E-state index contributed by atoms with van der Waals surface area (Å²) in [4.78, 5) is 23.3. The van der Waals surface area contributed by atoms with E-state index in [1.807, 2.05) is 0 Å². The normalized spacial score (nSPS) is 14.0. The number of halogens is 4. The van der Waals surface area contributed by atoms with E-state index in [4.69, 9.17) is 0 Å². The number of carbonyl (C=O) groups excluding carboxylic acids is 2. The third-order valence-electron chi connectivity index (χ3n) is 3.24. The molecule has 11 nitrogen and oxygen atoms in total. The Morgan fingerprint density at radius 1 is 0.793 bits per heavy atom. The lowest BCUT2D eigenvalue weighted by Gasteiger charge is -2.35. The second-order valence-corrected chi connectivity index (χ2v) is 9.21. The average molecular weight is 475 g/mol. The van der Waals surface area contributed by atoms with Crippen LogP contribution in [-0.4, -0.2) is 85.1 Å². The molecule has 0 aromatic carbocycles. The van der Waals surface area contributed by atoms with Crippen LogP contribution in [0.4, 0.5) is 17.6 Å². The third-order valence-corrected chi connectivity index (χ3v) is 4.83. The topological polar surface area (TPSA) is 170 Å². The minimum Gasteiger partial charge on any atom is -0.743 e. The quantitative estimate of drug-likeness (QED) is 0.226. The molecule has 0 saturated heterocycles. The Morgan fingerprint density at radius 2 is 1.07 bits per heavy atom. The highest BCUT2D eigenvalue weighted by Gasteiger charge is 2.49. The highest BCUT2D eigenvalue weighted by molar-refractivity contribution is 7.87. The van der Waals surface area contributed by atoms with E-state index < -0.39 is 74.5 Å². The Hall–Kier alpha value is -1.56. The van der Waals surface area contributed by atoms with Gasteiger partial charge in [0.15, 0.2) is 20.2 Å². The zero-order valence-electron chi connectivity index (χ0n) is 15.2. The van der Waals surface area contributed by atoms with Gasteiger partial charge in [0.25, 0.3) is 0 Å². The van der Waals surface area contributed by atoms with Gasteiger partial charge >= 0.3 is 22.4 Å². The zero-order valence-corrected chi connectivity index (χ0v) is 16.8. The number of alkyl halides is 4. The van der Waals surface area contributed by atoms with Crippen LogP contribution in [0.1, 0.15) is 20.8 Å². The zero-order chi connectivity index (χ0) is 23.5. The summed E-state index contributed by atoms with van der Waals surface area (Å²) in [5.41, 5.74) is -0.862. The number of hydrogen-bond acceptors (Lipinski definition) is 11. The molecular formula is C12H17F4NO10S2-2. The van der Waals surface area contributed by atoms with Crippen LogP contribution in [-0.2, 0) is 39.3 Å². The van der Waals surface area contributed by atoms with Crippen LogP contribution >= 0.6 is 0 Å². The van der Waals surface area contributed by atoms with Crippen molar-refractivity contribution in [3.63, 3.8) is 0 Å². The average Bonchev–Trinajstić information content (AvgIpc) is 2.49. The molecule has 0 aliphatic rings. The van der Waals surface area contributed by atoms with Crippen LogP contribution in [0.5, 0.6) is 0 Å². The first-order chi connectivity index (χ1) is 12.7. The number of nitrogens with zero attached hydrogens (tertiary/aromatic N) is 1. The monoisotopic (exact) mass is 475 g/mol. The van der Waals surface area contributed by atoms with Crippen molar-refractivity contribution in [2.75, 3.05) is 26.3 Å². The molecule has 0 aliphatic heterocycles. The lowest BCUT2D eigenvalue weighted by molar-refractivity contribution is -0.163. The van der Waals surface area contributed by atoms with E-state index in [-0.39, 0.29) is 0 Å². The molecule has 0 N–H and O–H groups in total. The molecule has 0 fully saturated rings. The fourth-order valence-electron chi connectivity index (χ4n) is 1.65. The molecule has 0 aliphatic carbocycles. The van der Waals surface area contributed by atoms with Crippen LogP contribution in [0.2, 0.25) is 0 Å². The fourth-order valence-corrected chi connectivity index (χ4v) is 2.18. The first kappa shape index (κ1) is 27.4. The molecule has 0 saturated carbocycles. The summed E-state index contributed by atoms with van der Waals surface area (Å²) in [6.07, 6.45) is 0. The molecule has 0 radical (unpaired) electrons. The van der Waals surface area contributed by atoms with Crippen molar-refractivity contribution in [1.82, 2.24) is 4.90 Å². The Balaban J connectivity index is 4.88. The molecule has 0 spiro atoms. The predicted molar refractivity (Wildman–Crippen MR) is 82.5 cm³/mol. The van der Waals surface area contributed by atoms with Crippen LogP contribution < -0.4 is 0 Å². The van der Waals surface area contributed by atoms with Gasteiger partial charge < -0.3 is 18.6 Å². The molecule has 0 unspecified atom stereocenters. The Morgan fingerprint density at radius 3 is 1.28 bits per heavy atom. The van der Waals surface area contributed by atoms with E-state index in [0.29, 0.717) is 0 Å². The molecule has 0 rings (SSSR count).